The molecule has 1 saturated heterocycles. The quantitative estimate of drug-likeness (QED) is 0.721. The van der Waals surface area contributed by atoms with Crippen molar-refractivity contribution in [1.29, 1.82) is 0 Å². The van der Waals surface area contributed by atoms with Crippen molar-refractivity contribution in [3.63, 3.8) is 0 Å². The van der Waals surface area contributed by atoms with Gasteiger partial charge >= 0.3 is 0 Å². The number of alkyl halides is 3. The third kappa shape index (κ3) is 4.48. The number of carbonyl (C=O) groups excluding carboxylic acids is 1. The van der Waals surface area contributed by atoms with E-state index in [2.05, 4.69) is 29.2 Å². The van der Waals surface area contributed by atoms with Gasteiger partial charge in [-0.3, -0.25) is 9.69 Å². The molecular weight excluding hydrogens is 379 g/mol. The second-order valence-electron chi connectivity index (χ2n) is 6.05. The smallest absolute Gasteiger partial charge is 0.274 e. The molecule has 3 nitrogen and oxygen atoms in total. The van der Waals surface area contributed by atoms with E-state index in [4.69, 9.17) is 34.8 Å². The molecule has 1 heterocycles. The van der Waals surface area contributed by atoms with Crippen LogP contribution in [0.25, 0.3) is 0 Å². The Morgan fingerprint density at radius 3 is 1.64 bits per heavy atom. The van der Waals surface area contributed by atoms with E-state index in [0.717, 1.165) is 13.1 Å². The van der Waals surface area contributed by atoms with Crippen molar-refractivity contribution in [2.45, 2.75) is 9.83 Å². The molecule has 0 aromatic heterocycles. The molecule has 1 amide bonds. The van der Waals surface area contributed by atoms with Crippen LogP contribution in [0.3, 0.4) is 0 Å². The lowest BCUT2D eigenvalue weighted by atomic mass is 9.96. The number of carbonyl (C=O) groups is 1. The first-order chi connectivity index (χ1) is 12.0. The number of hydrogen-bond donors (Lipinski definition) is 0. The Kier molecular flexibility index (Phi) is 5.90. The van der Waals surface area contributed by atoms with Gasteiger partial charge in [0.05, 0.1) is 6.04 Å². The van der Waals surface area contributed by atoms with Crippen LogP contribution in [0.4, 0.5) is 0 Å². The lowest BCUT2D eigenvalue weighted by Crippen LogP contribution is -2.52. The van der Waals surface area contributed by atoms with Crippen LogP contribution in [0.15, 0.2) is 60.7 Å². The highest BCUT2D eigenvalue weighted by atomic mass is 35.6. The van der Waals surface area contributed by atoms with Crippen molar-refractivity contribution in [3.05, 3.63) is 71.8 Å². The molecule has 0 bridgehead atoms. The van der Waals surface area contributed by atoms with Gasteiger partial charge in [0.2, 0.25) is 0 Å². The van der Waals surface area contributed by atoms with Gasteiger partial charge in [0.15, 0.2) is 0 Å². The topological polar surface area (TPSA) is 23.6 Å². The fourth-order valence-electron chi connectivity index (χ4n) is 3.25. The van der Waals surface area contributed by atoms with Gasteiger partial charge in [0, 0.05) is 26.2 Å². The van der Waals surface area contributed by atoms with Crippen LogP contribution < -0.4 is 0 Å². The van der Waals surface area contributed by atoms with Gasteiger partial charge in [-0.05, 0) is 11.1 Å². The van der Waals surface area contributed by atoms with Gasteiger partial charge in [-0.15, -0.1) is 0 Å². The van der Waals surface area contributed by atoms with Crippen LogP contribution in [0, 0.1) is 0 Å². The molecule has 2 aromatic rings. The summed E-state index contributed by atoms with van der Waals surface area (Å²) in [5, 5.41) is 0. The maximum atomic E-state index is 12.1. The number of hydrogen-bond acceptors (Lipinski definition) is 2. The summed E-state index contributed by atoms with van der Waals surface area (Å²) in [6.45, 7) is 2.54. The summed E-state index contributed by atoms with van der Waals surface area (Å²) in [6, 6.07) is 20.9. The highest BCUT2D eigenvalue weighted by molar-refractivity contribution is 6.76. The first kappa shape index (κ1) is 18.5. The lowest BCUT2D eigenvalue weighted by molar-refractivity contribution is -0.132. The number of benzene rings is 2. The summed E-state index contributed by atoms with van der Waals surface area (Å²) in [7, 11) is 0. The average molecular weight is 398 g/mol. The Bertz CT molecular complexity index is 656. The Hall–Kier alpha value is -1.26. The van der Waals surface area contributed by atoms with Crippen LogP contribution in [0.1, 0.15) is 17.2 Å². The fourth-order valence-corrected chi connectivity index (χ4v) is 3.61. The minimum absolute atomic E-state index is 0.146. The zero-order chi connectivity index (χ0) is 17.9. The molecule has 0 N–H and O–H groups in total. The monoisotopic (exact) mass is 396 g/mol. The van der Waals surface area contributed by atoms with Gasteiger partial charge < -0.3 is 4.90 Å². The van der Waals surface area contributed by atoms with E-state index in [-0.39, 0.29) is 6.04 Å². The standard InChI is InChI=1S/C19H19Cl3N2O/c20-19(21,22)18(25)24-13-11-23(12-14-24)17(15-7-3-1-4-8-15)16-9-5-2-6-10-16/h1-10,17H,11-14H2. The minimum atomic E-state index is -1.89. The molecular formula is C19H19Cl3N2O. The third-order valence-corrected chi connectivity index (χ3v) is 4.92. The molecule has 6 heteroatoms. The first-order valence-electron chi connectivity index (χ1n) is 8.17. The molecule has 132 valence electrons. The number of amides is 1. The van der Waals surface area contributed by atoms with Crippen LogP contribution in [0.5, 0.6) is 0 Å². The Labute approximate surface area is 163 Å². The Balaban J connectivity index is 1.79. The average Bonchev–Trinajstić information content (AvgIpc) is 2.63. The molecule has 1 fully saturated rings. The first-order valence-corrected chi connectivity index (χ1v) is 9.30. The van der Waals surface area contributed by atoms with E-state index in [1.165, 1.54) is 11.1 Å². The molecule has 1 aliphatic rings. The number of nitrogens with zero attached hydrogens (tertiary/aromatic N) is 2. The molecule has 0 saturated carbocycles. The van der Waals surface area contributed by atoms with Crippen molar-refractivity contribution in [2.24, 2.45) is 0 Å². The Morgan fingerprint density at radius 2 is 1.24 bits per heavy atom. The van der Waals surface area contributed by atoms with Gasteiger partial charge in [-0.25, -0.2) is 0 Å². The second-order valence-corrected chi connectivity index (χ2v) is 8.33. The molecule has 0 aliphatic carbocycles. The highest BCUT2D eigenvalue weighted by Crippen LogP contribution is 2.32. The number of piperazine rings is 1. The highest BCUT2D eigenvalue weighted by Gasteiger charge is 2.37. The molecule has 0 atom stereocenters. The predicted molar refractivity (Wildman–Crippen MR) is 103 cm³/mol. The summed E-state index contributed by atoms with van der Waals surface area (Å²) >= 11 is 17.2. The van der Waals surface area contributed by atoms with Crippen molar-refractivity contribution in [1.82, 2.24) is 9.80 Å². The van der Waals surface area contributed by atoms with Gasteiger partial charge in [0.25, 0.3) is 9.70 Å². The maximum absolute atomic E-state index is 12.1. The van der Waals surface area contributed by atoms with Gasteiger partial charge in [-0.2, -0.15) is 0 Å². The number of rotatable bonds is 3. The number of halogens is 3. The summed E-state index contributed by atoms with van der Waals surface area (Å²) in [5.41, 5.74) is 2.46. The zero-order valence-corrected chi connectivity index (χ0v) is 15.9. The zero-order valence-electron chi connectivity index (χ0n) is 13.6. The van der Waals surface area contributed by atoms with Crippen LogP contribution >= 0.6 is 34.8 Å². The van der Waals surface area contributed by atoms with E-state index in [0.29, 0.717) is 13.1 Å². The van der Waals surface area contributed by atoms with Gasteiger partial charge in [-0.1, -0.05) is 95.5 Å². The van der Waals surface area contributed by atoms with E-state index < -0.39 is 9.70 Å². The molecule has 25 heavy (non-hydrogen) atoms. The van der Waals surface area contributed by atoms with E-state index in [1.807, 2.05) is 36.4 Å². The molecule has 2 aromatic carbocycles. The molecule has 3 rings (SSSR count). The molecule has 0 unspecified atom stereocenters. The minimum Gasteiger partial charge on any atom is -0.336 e. The van der Waals surface area contributed by atoms with Crippen LogP contribution in [-0.2, 0) is 4.79 Å². The van der Waals surface area contributed by atoms with Crippen LogP contribution in [0.2, 0.25) is 0 Å². The fraction of sp³-hybridized carbons (Fsp3) is 0.316. The summed E-state index contributed by atoms with van der Waals surface area (Å²) < 4.78 is -1.89. The summed E-state index contributed by atoms with van der Waals surface area (Å²) in [6.07, 6.45) is 0. The van der Waals surface area contributed by atoms with Crippen molar-refractivity contribution < 1.29 is 4.79 Å². The van der Waals surface area contributed by atoms with Crippen molar-refractivity contribution in [3.8, 4) is 0 Å². The Morgan fingerprint density at radius 1 is 0.800 bits per heavy atom. The summed E-state index contributed by atoms with van der Waals surface area (Å²) in [4.78, 5) is 16.1. The van der Waals surface area contributed by atoms with E-state index in [9.17, 15) is 4.79 Å². The normalized spacial score (nSPS) is 16.2. The largest absolute Gasteiger partial charge is 0.336 e. The maximum Gasteiger partial charge on any atom is 0.274 e. The van der Waals surface area contributed by atoms with E-state index in [1.54, 1.807) is 4.90 Å². The SMILES string of the molecule is O=C(N1CCN(C(c2ccccc2)c2ccccc2)CC1)C(Cl)(Cl)Cl. The van der Waals surface area contributed by atoms with Crippen LogP contribution in [-0.4, -0.2) is 45.7 Å². The molecule has 1 aliphatic heterocycles. The third-order valence-electron chi connectivity index (χ3n) is 4.44. The molecule has 0 spiro atoms. The second kappa shape index (κ2) is 7.96. The molecule has 0 radical (unpaired) electrons. The van der Waals surface area contributed by atoms with E-state index >= 15 is 0 Å². The summed E-state index contributed by atoms with van der Waals surface area (Å²) in [5.74, 6) is -0.451. The van der Waals surface area contributed by atoms with Crippen molar-refractivity contribution in [2.75, 3.05) is 26.2 Å². The predicted octanol–water partition coefficient (Wildman–Crippen LogP) is 4.29. The van der Waals surface area contributed by atoms with Crippen molar-refractivity contribution >= 4 is 40.7 Å². The lowest BCUT2D eigenvalue weighted by Gasteiger charge is -2.40. The van der Waals surface area contributed by atoms with Gasteiger partial charge in [0.1, 0.15) is 0 Å².